The van der Waals surface area contributed by atoms with Crippen LogP contribution in [0.4, 0.5) is 5.69 Å². The highest BCUT2D eigenvalue weighted by Crippen LogP contribution is 2.28. The van der Waals surface area contributed by atoms with Crippen molar-refractivity contribution in [1.29, 1.82) is 0 Å². The van der Waals surface area contributed by atoms with Crippen LogP contribution in [-0.2, 0) is 0 Å². The van der Waals surface area contributed by atoms with Gasteiger partial charge in [0.2, 0.25) is 5.89 Å². The summed E-state index contributed by atoms with van der Waals surface area (Å²) in [6, 6.07) is 22.3. The minimum absolute atomic E-state index is 0.00164. The molecule has 3 aromatic carbocycles. The number of hydrogen-bond donors (Lipinski definition) is 0. The van der Waals surface area contributed by atoms with Gasteiger partial charge in [-0.3, -0.25) is 10.1 Å². The van der Waals surface area contributed by atoms with Crippen molar-refractivity contribution in [2.75, 3.05) is 0 Å². The molecule has 0 atom stereocenters. The molecule has 116 valence electrons. The lowest BCUT2D eigenvalue weighted by molar-refractivity contribution is -0.384. The molecule has 24 heavy (non-hydrogen) atoms. The maximum Gasteiger partial charge on any atom is 0.271 e. The van der Waals surface area contributed by atoms with Gasteiger partial charge in [0, 0.05) is 17.7 Å². The second-order valence-corrected chi connectivity index (χ2v) is 5.37. The van der Waals surface area contributed by atoms with E-state index < -0.39 is 4.92 Å². The van der Waals surface area contributed by atoms with E-state index >= 15 is 0 Å². The van der Waals surface area contributed by atoms with Crippen molar-refractivity contribution in [2.45, 2.75) is 0 Å². The summed E-state index contributed by atoms with van der Waals surface area (Å²) in [7, 11) is 0. The fourth-order valence-electron chi connectivity index (χ4n) is 2.59. The topological polar surface area (TPSA) is 69.2 Å². The second-order valence-electron chi connectivity index (χ2n) is 5.37. The normalized spacial score (nSPS) is 10.8. The quantitative estimate of drug-likeness (QED) is 0.391. The van der Waals surface area contributed by atoms with Crippen LogP contribution in [0, 0.1) is 10.1 Å². The Balaban J connectivity index is 1.71. The molecule has 0 aliphatic carbocycles. The first-order chi connectivity index (χ1) is 11.7. The summed E-state index contributed by atoms with van der Waals surface area (Å²) in [6.45, 7) is 0. The Morgan fingerprint density at radius 1 is 0.833 bits per heavy atom. The van der Waals surface area contributed by atoms with Crippen molar-refractivity contribution in [2.24, 2.45) is 0 Å². The van der Waals surface area contributed by atoms with Crippen molar-refractivity contribution in [3.05, 3.63) is 82.9 Å². The molecule has 0 N–H and O–H groups in total. The zero-order valence-corrected chi connectivity index (χ0v) is 12.5. The summed E-state index contributed by atoms with van der Waals surface area (Å²) in [5.74, 6) is 0.449. The number of hydrogen-bond acceptors (Lipinski definition) is 4. The molecule has 0 saturated heterocycles. The van der Waals surface area contributed by atoms with Gasteiger partial charge in [0.1, 0.15) is 5.52 Å². The van der Waals surface area contributed by atoms with Crippen molar-refractivity contribution in [3.8, 4) is 22.6 Å². The van der Waals surface area contributed by atoms with Gasteiger partial charge in [-0.1, -0.05) is 42.5 Å². The first kappa shape index (κ1) is 14.1. The fraction of sp³-hybridized carbons (Fsp3) is 0. The highest BCUT2D eigenvalue weighted by Gasteiger charge is 2.12. The van der Waals surface area contributed by atoms with Gasteiger partial charge >= 0.3 is 0 Å². The van der Waals surface area contributed by atoms with Crippen LogP contribution >= 0.6 is 0 Å². The molecule has 1 heterocycles. The molecule has 0 radical (unpaired) electrons. The third-order valence-corrected chi connectivity index (χ3v) is 3.82. The van der Waals surface area contributed by atoms with E-state index in [1.807, 2.05) is 54.6 Å². The Morgan fingerprint density at radius 3 is 2.21 bits per heavy atom. The molecule has 0 unspecified atom stereocenters. The van der Waals surface area contributed by atoms with Crippen molar-refractivity contribution in [1.82, 2.24) is 4.98 Å². The largest absolute Gasteiger partial charge is 0.436 e. The lowest BCUT2D eigenvalue weighted by Gasteiger charge is -2.02. The van der Waals surface area contributed by atoms with Crippen LogP contribution in [0.1, 0.15) is 0 Å². The second kappa shape index (κ2) is 5.62. The zero-order chi connectivity index (χ0) is 16.5. The Labute approximate surface area is 137 Å². The molecule has 0 aliphatic heterocycles. The highest BCUT2D eigenvalue weighted by atomic mass is 16.6. The summed E-state index contributed by atoms with van der Waals surface area (Å²) in [5, 5.41) is 10.8. The van der Waals surface area contributed by atoms with Crippen LogP contribution in [0.25, 0.3) is 33.7 Å². The van der Waals surface area contributed by atoms with Gasteiger partial charge in [-0.2, -0.15) is 0 Å². The maximum atomic E-state index is 10.8. The Kier molecular flexibility index (Phi) is 3.31. The van der Waals surface area contributed by atoms with E-state index in [1.54, 1.807) is 6.07 Å². The minimum atomic E-state index is -0.442. The molecule has 4 rings (SSSR count). The highest BCUT2D eigenvalue weighted by molar-refractivity contribution is 5.79. The van der Waals surface area contributed by atoms with E-state index in [4.69, 9.17) is 4.42 Å². The summed E-state index contributed by atoms with van der Waals surface area (Å²) in [4.78, 5) is 14.8. The molecule has 0 aliphatic rings. The number of nitrogens with zero attached hydrogens (tertiary/aromatic N) is 2. The first-order valence-corrected chi connectivity index (χ1v) is 7.41. The number of nitro groups is 1. The van der Waals surface area contributed by atoms with Crippen LogP contribution < -0.4 is 0 Å². The number of fused-ring (bicyclic) bond motifs is 1. The van der Waals surface area contributed by atoms with E-state index in [2.05, 4.69) is 4.98 Å². The third kappa shape index (κ3) is 2.52. The molecule has 0 fully saturated rings. The van der Waals surface area contributed by atoms with Crippen LogP contribution in [0.3, 0.4) is 0 Å². The minimum Gasteiger partial charge on any atom is -0.436 e. The molecule has 5 heteroatoms. The van der Waals surface area contributed by atoms with Gasteiger partial charge in [-0.15, -0.1) is 0 Å². The monoisotopic (exact) mass is 316 g/mol. The van der Waals surface area contributed by atoms with Crippen LogP contribution in [0.15, 0.2) is 77.2 Å². The maximum absolute atomic E-state index is 10.8. The average molecular weight is 316 g/mol. The van der Waals surface area contributed by atoms with Crippen molar-refractivity contribution in [3.63, 3.8) is 0 Å². The summed E-state index contributed by atoms with van der Waals surface area (Å²) in [5.41, 5.74) is 4.08. The SMILES string of the molecule is O=[N+]([O-])c1ccc2oc(-c3ccc(-c4ccccc4)cc3)nc2c1. The van der Waals surface area contributed by atoms with Crippen LogP contribution in [0.2, 0.25) is 0 Å². The third-order valence-electron chi connectivity index (χ3n) is 3.82. The summed E-state index contributed by atoms with van der Waals surface area (Å²) in [6.07, 6.45) is 0. The van der Waals surface area contributed by atoms with Crippen molar-refractivity contribution < 1.29 is 9.34 Å². The number of nitro benzene ring substituents is 1. The summed E-state index contributed by atoms with van der Waals surface area (Å²) < 4.78 is 5.70. The molecular weight excluding hydrogens is 304 g/mol. The molecule has 0 amide bonds. The van der Waals surface area contributed by atoms with Gasteiger partial charge in [-0.05, 0) is 29.3 Å². The Bertz CT molecular complexity index is 1020. The number of rotatable bonds is 3. The lowest BCUT2D eigenvalue weighted by Crippen LogP contribution is -1.86. The van der Waals surface area contributed by atoms with Crippen molar-refractivity contribution >= 4 is 16.8 Å². The standard InChI is InChI=1S/C19H12N2O3/c22-21(23)16-10-11-18-17(12-16)20-19(24-18)15-8-6-14(7-9-15)13-4-2-1-3-5-13/h1-12H. The number of non-ortho nitro benzene ring substituents is 1. The van der Waals surface area contributed by atoms with Gasteiger partial charge in [0.15, 0.2) is 5.58 Å². The summed E-state index contributed by atoms with van der Waals surface area (Å²) >= 11 is 0. The van der Waals surface area contributed by atoms with Gasteiger partial charge in [-0.25, -0.2) is 4.98 Å². The molecule has 1 aromatic heterocycles. The van der Waals surface area contributed by atoms with Crippen LogP contribution in [-0.4, -0.2) is 9.91 Å². The molecule has 5 nitrogen and oxygen atoms in total. The van der Waals surface area contributed by atoms with Crippen LogP contribution in [0.5, 0.6) is 0 Å². The van der Waals surface area contributed by atoms with E-state index in [1.165, 1.54) is 12.1 Å². The average Bonchev–Trinajstić information content (AvgIpc) is 3.06. The van der Waals surface area contributed by atoms with E-state index in [9.17, 15) is 10.1 Å². The van der Waals surface area contributed by atoms with Gasteiger partial charge < -0.3 is 4.42 Å². The van der Waals surface area contributed by atoms with E-state index in [-0.39, 0.29) is 5.69 Å². The van der Waals surface area contributed by atoms with Gasteiger partial charge in [0.05, 0.1) is 4.92 Å². The molecule has 4 aromatic rings. The molecule has 0 saturated carbocycles. The predicted molar refractivity (Wildman–Crippen MR) is 91.5 cm³/mol. The number of oxazole rings is 1. The van der Waals surface area contributed by atoms with E-state index in [0.717, 1.165) is 16.7 Å². The zero-order valence-electron chi connectivity index (χ0n) is 12.5. The molecular formula is C19H12N2O3. The number of benzene rings is 3. The molecule has 0 bridgehead atoms. The molecule has 0 spiro atoms. The smallest absolute Gasteiger partial charge is 0.271 e. The van der Waals surface area contributed by atoms with Gasteiger partial charge in [0.25, 0.3) is 5.69 Å². The fourth-order valence-corrected chi connectivity index (χ4v) is 2.59. The lowest BCUT2D eigenvalue weighted by atomic mass is 10.0. The van der Waals surface area contributed by atoms with E-state index in [0.29, 0.717) is 17.0 Å². The predicted octanol–water partition coefficient (Wildman–Crippen LogP) is 5.07. The number of aromatic nitrogens is 1. The first-order valence-electron chi connectivity index (χ1n) is 7.41. The Hall–Kier alpha value is -3.47. The Morgan fingerprint density at radius 2 is 1.50 bits per heavy atom.